The fourth-order valence-electron chi connectivity index (χ4n) is 3.74. The van der Waals surface area contributed by atoms with Gasteiger partial charge in [0.25, 0.3) is 0 Å². The molecule has 0 atom stereocenters. The fraction of sp³-hybridized carbons (Fsp3) is 0.238. The number of benzene rings is 2. The van der Waals surface area contributed by atoms with Crippen molar-refractivity contribution in [2.45, 2.75) is 26.9 Å². The number of fused-ring (bicyclic) bond motifs is 4. The highest BCUT2D eigenvalue weighted by molar-refractivity contribution is 5.86. The van der Waals surface area contributed by atoms with Gasteiger partial charge in [-0.3, -0.25) is 4.79 Å². The lowest BCUT2D eigenvalue weighted by molar-refractivity contribution is -0.130. The van der Waals surface area contributed by atoms with Gasteiger partial charge in [0.05, 0.1) is 5.52 Å². The molecule has 3 heterocycles. The van der Waals surface area contributed by atoms with Crippen LogP contribution in [-0.2, 0) is 17.9 Å². The van der Waals surface area contributed by atoms with E-state index in [0.29, 0.717) is 24.5 Å². The molecule has 0 fully saturated rings. The van der Waals surface area contributed by atoms with E-state index in [1.807, 2.05) is 43.3 Å². The molecule has 2 aromatic carbocycles. The first-order valence-corrected chi connectivity index (χ1v) is 9.33. The van der Waals surface area contributed by atoms with Gasteiger partial charge in [-0.05, 0) is 46.7 Å². The lowest BCUT2D eigenvalue weighted by atomic mass is 10.1. The number of amides is 1. The van der Waals surface area contributed by atoms with E-state index < -0.39 is 0 Å². The predicted octanol–water partition coefficient (Wildman–Crippen LogP) is 2.86. The number of rotatable bonds is 4. The molecule has 0 spiro atoms. The maximum absolute atomic E-state index is 12.4. The summed E-state index contributed by atoms with van der Waals surface area (Å²) in [5.41, 5.74) is 4.58. The van der Waals surface area contributed by atoms with Gasteiger partial charge in [0.2, 0.25) is 12.7 Å². The van der Waals surface area contributed by atoms with E-state index in [9.17, 15) is 4.79 Å². The third-order valence-corrected chi connectivity index (χ3v) is 5.18. The Bertz CT molecular complexity index is 1250. The van der Waals surface area contributed by atoms with E-state index in [2.05, 4.69) is 21.6 Å². The van der Waals surface area contributed by atoms with Crippen molar-refractivity contribution in [3.8, 4) is 11.5 Å². The van der Waals surface area contributed by atoms with Crippen LogP contribution in [-0.4, -0.2) is 37.6 Å². The van der Waals surface area contributed by atoms with Gasteiger partial charge in [0, 0.05) is 31.0 Å². The van der Waals surface area contributed by atoms with Crippen molar-refractivity contribution in [1.29, 1.82) is 0 Å². The molecule has 5 rings (SSSR count). The van der Waals surface area contributed by atoms with E-state index >= 15 is 0 Å². The smallest absolute Gasteiger partial charge is 0.231 e. The highest BCUT2D eigenvalue weighted by Crippen LogP contribution is 2.33. The Morgan fingerprint density at radius 3 is 2.86 bits per heavy atom. The average molecular weight is 389 g/mol. The van der Waals surface area contributed by atoms with Crippen LogP contribution in [0.1, 0.15) is 23.6 Å². The fourth-order valence-corrected chi connectivity index (χ4v) is 3.74. The van der Waals surface area contributed by atoms with Crippen LogP contribution in [0.5, 0.6) is 11.5 Å². The van der Waals surface area contributed by atoms with Crippen LogP contribution in [0.2, 0.25) is 0 Å². The Balaban J connectivity index is 1.52. The standard InChI is InChI=1S/C21H19N5O3/c1-13-4-3-5-16-9-17(21-22-23-24-26(21)20(13)16)11-25(14(2)27)10-15-6-7-18-19(8-15)29-12-28-18/h3-9H,10-12H2,1-2H3. The molecule has 0 unspecified atom stereocenters. The summed E-state index contributed by atoms with van der Waals surface area (Å²) in [6.07, 6.45) is 0. The number of hydrogen-bond acceptors (Lipinski definition) is 6. The molecule has 29 heavy (non-hydrogen) atoms. The lowest BCUT2D eigenvalue weighted by Gasteiger charge is -2.22. The van der Waals surface area contributed by atoms with Crippen LogP contribution in [0.4, 0.5) is 0 Å². The highest BCUT2D eigenvalue weighted by Gasteiger charge is 2.19. The first-order valence-electron chi connectivity index (χ1n) is 9.33. The number of aromatic nitrogens is 4. The maximum Gasteiger partial charge on any atom is 0.231 e. The van der Waals surface area contributed by atoms with Gasteiger partial charge in [0.15, 0.2) is 17.1 Å². The summed E-state index contributed by atoms with van der Waals surface area (Å²) in [4.78, 5) is 14.2. The molecule has 146 valence electrons. The van der Waals surface area contributed by atoms with E-state index in [4.69, 9.17) is 9.47 Å². The van der Waals surface area contributed by atoms with Crippen molar-refractivity contribution < 1.29 is 14.3 Å². The summed E-state index contributed by atoms with van der Waals surface area (Å²) in [5, 5.41) is 13.3. The van der Waals surface area contributed by atoms with Gasteiger partial charge in [-0.2, -0.15) is 4.52 Å². The van der Waals surface area contributed by atoms with E-state index in [1.165, 1.54) is 0 Å². The van der Waals surface area contributed by atoms with Gasteiger partial charge in [-0.1, -0.05) is 24.3 Å². The molecule has 1 aliphatic rings. The van der Waals surface area contributed by atoms with Crippen LogP contribution in [0.3, 0.4) is 0 Å². The van der Waals surface area contributed by atoms with E-state index in [0.717, 1.165) is 33.3 Å². The number of para-hydroxylation sites is 1. The topological polar surface area (TPSA) is 81.9 Å². The summed E-state index contributed by atoms with van der Waals surface area (Å²) in [6, 6.07) is 13.9. The van der Waals surface area contributed by atoms with Gasteiger partial charge in [0.1, 0.15) is 0 Å². The van der Waals surface area contributed by atoms with Crippen LogP contribution in [0.15, 0.2) is 42.5 Å². The van der Waals surface area contributed by atoms with Crippen molar-refractivity contribution >= 4 is 22.5 Å². The van der Waals surface area contributed by atoms with Crippen molar-refractivity contribution in [2.24, 2.45) is 0 Å². The molecule has 0 radical (unpaired) electrons. The Morgan fingerprint density at radius 2 is 2.00 bits per heavy atom. The summed E-state index contributed by atoms with van der Waals surface area (Å²) in [5.74, 6) is 1.40. The number of carbonyl (C=O) groups is 1. The summed E-state index contributed by atoms with van der Waals surface area (Å²) in [6.45, 7) is 4.68. The van der Waals surface area contributed by atoms with Crippen LogP contribution >= 0.6 is 0 Å². The molecule has 0 N–H and O–H groups in total. The molecule has 0 saturated carbocycles. The number of ether oxygens (including phenoxy) is 2. The molecule has 0 bridgehead atoms. The van der Waals surface area contributed by atoms with Gasteiger partial charge in [-0.15, -0.1) is 5.10 Å². The molecule has 1 amide bonds. The van der Waals surface area contributed by atoms with E-state index in [1.54, 1.807) is 16.3 Å². The molecule has 8 nitrogen and oxygen atoms in total. The van der Waals surface area contributed by atoms with Crippen LogP contribution in [0, 0.1) is 6.92 Å². The second-order valence-corrected chi connectivity index (χ2v) is 7.16. The van der Waals surface area contributed by atoms with Gasteiger partial charge in [-0.25, -0.2) is 0 Å². The zero-order chi connectivity index (χ0) is 20.0. The van der Waals surface area contributed by atoms with Crippen molar-refractivity contribution in [1.82, 2.24) is 24.9 Å². The molecule has 2 aromatic heterocycles. The molecule has 1 aliphatic heterocycles. The third-order valence-electron chi connectivity index (χ3n) is 5.18. The number of nitrogens with zero attached hydrogens (tertiary/aromatic N) is 5. The number of aryl methyl sites for hydroxylation is 1. The van der Waals surface area contributed by atoms with Crippen molar-refractivity contribution in [2.75, 3.05) is 6.79 Å². The first kappa shape index (κ1) is 17.4. The lowest BCUT2D eigenvalue weighted by Crippen LogP contribution is -2.28. The summed E-state index contributed by atoms with van der Waals surface area (Å²) < 4.78 is 12.6. The quantitative estimate of drug-likeness (QED) is 0.534. The predicted molar refractivity (Wildman–Crippen MR) is 106 cm³/mol. The number of hydrogen-bond donors (Lipinski definition) is 0. The maximum atomic E-state index is 12.4. The van der Waals surface area contributed by atoms with Gasteiger partial charge < -0.3 is 14.4 Å². The summed E-state index contributed by atoms with van der Waals surface area (Å²) >= 11 is 0. The number of tetrazole rings is 1. The zero-order valence-electron chi connectivity index (χ0n) is 16.1. The first-order chi connectivity index (χ1) is 14.1. The highest BCUT2D eigenvalue weighted by atomic mass is 16.7. The minimum absolute atomic E-state index is 0.0300. The number of carbonyl (C=O) groups excluding carboxylic acids is 1. The van der Waals surface area contributed by atoms with Crippen molar-refractivity contribution in [3.63, 3.8) is 0 Å². The molecule has 0 aliphatic carbocycles. The Morgan fingerprint density at radius 1 is 1.14 bits per heavy atom. The van der Waals surface area contributed by atoms with Crippen LogP contribution in [0.25, 0.3) is 16.6 Å². The third kappa shape index (κ3) is 3.02. The van der Waals surface area contributed by atoms with Crippen LogP contribution < -0.4 is 9.47 Å². The second-order valence-electron chi connectivity index (χ2n) is 7.16. The minimum Gasteiger partial charge on any atom is -0.454 e. The normalized spacial score (nSPS) is 12.6. The second kappa shape index (κ2) is 6.73. The average Bonchev–Trinajstić information content (AvgIpc) is 3.36. The molecular formula is C21H19N5O3. The largest absolute Gasteiger partial charge is 0.454 e. The van der Waals surface area contributed by atoms with Gasteiger partial charge >= 0.3 is 0 Å². The molecular weight excluding hydrogens is 370 g/mol. The SMILES string of the molecule is CC(=O)N(Cc1ccc2c(c1)OCO2)Cc1cc2cccc(C)c2n2nnnc12. The summed E-state index contributed by atoms with van der Waals surface area (Å²) in [7, 11) is 0. The zero-order valence-corrected chi connectivity index (χ0v) is 16.1. The molecule has 4 aromatic rings. The van der Waals surface area contributed by atoms with E-state index in [-0.39, 0.29) is 12.7 Å². The monoisotopic (exact) mass is 389 g/mol. The molecule has 8 heteroatoms. The Hall–Kier alpha value is -3.68. The van der Waals surface area contributed by atoms with Crippen molar-refractivity contribution in [3.05, 3.63) is 59.2 Å². The molecule has 0 saturated heterocycles. The Kier molecular flexibility index (Phi) is 4.04. The number of pyridine rings is 1. The minimum atomic E-state index is -0.0300. The Labute approximate surface area is 166 Å².